The fraction of sp³-hybridized carbons (Fsp3) is 0.500. The van der Waals surface area contributed by atoms with E-state index in [1.54, 1.807) is 3.88 Å². The molecule has 0 saturated heterocycles. The first kappa shape index (κ1) is 17.5. The zero-order valence-electron chi connectivity index (χ0n) is 8.96. The van der Waals surface area contributed by atoms with Gasteiger partial charge in [-0.05, 0) is 0 Å². The van der Waals surface area contributed by atoms with E-state index in [9.17, 15) is 0 Å². The topological polar surface area (TPSA) is 0 Å². The molecule has 0 aromatic rings. The summed E-state index contributed by atoms with van der Waals surface area (Å²) >= 11 is -1.07. The molecule has 1 rings (SSSR count). The summed E-state index contributed by atoms with van der Waals surface area (Å²) in [7, 11) is 0. The van der Waals surface area contributed by atoms with Crippen molar-refractivity contribution in [2.45, 2.75) is 32.3 Å². The molecule has 1 aliphatic rings. The van der Waals surface area contributed by atoms with Crippen LogP contribution in [0.3, 0.4) is 0 Å². The van der Waals surface area contributed by atoms with Crippen LogP contribution in [0.25, 0.3) is 0 Å². The second kappa shape index (κ2) is 7.36. The Balaban J connectivity index is 0. The summed E-state index contributed by atoms with van der Waals surface area (Å²) in [5, 5.41) is 0.501. The molecule has 0 fully saturated rings. The molecule has 14 heavy (non-hydrogen) atoms. The van der Waals surface area contributed by atoms with Gasteiger partial charge < -0.3 is 0 Å². The van der Waals surface area contributed by atoms with Crippen molar-refractivity contribution in [1.82, 2.24) is 0 Å². The van der Waals surface area contributed by atoms with Crippen LogP contribution in [-0.4, -0.2) is 9.97 Å². The monoisotopic (exact) mass is 288 g/mol. The molecule has 1 aliphatic carbocycles. The van der Waals surface area contributed by atoms with Crippen molar-refractivity contribution < 1.29 is 16.9 Å². The zero-order valence-corrected chi connectivity index (χ0v) is 13.2. The number of hydrogen-bond donors (Lipinski definition) is 0. The predicted molar refractivity (Wildman–Crippen MR) is 71.5 cm³/mol. The predicted octanol–water partition coefficient (Wildman–Crippen LogP) is 4.12. The van der Waals surface area contributed by atoms with E-state index in [4.69, 9.17) is 0 Å². The summed E-state index contributed by atoms with van der Waals surface area (Å²) in [5.74, 6) is 0. The van der Waals surface area contributed by atoms with E-state index < -0.39 is 16.9 Å². The van der Waals surface area contributed by atoms with E-state index in [2.05, 4.69) is 43.8 Å². The Morgan fingerprint density at radius 1 is 1.36 bits per heavy atom. The van der Waals surface area contributed by atoms with Crippen LogP contribution in [-0.2, 0) is 16.9 Å². The second-order valence-electron chi connectivity index (χ2n) is 4.18. The van der Waals surface area contributed by atoms with Crippen molar-refractivity contribution in [2.75, 3.05) is 0 Å². The first-order chi connectivity index (χ1) is 5.49. The van der Waals surface area contributed by atoms with Gasteiger partial charge in [0.25, 0.3) is 0 Å². The van der Waals surface area contributed by atoms with Crippen molar-refractivity contribution in [2.24, 2.45) is 0 Å². The molecule has 0 aromatic carbocycles. The van der Waals surface area contributed by atoms with E-state index in [-0.39, 0.29) is 24.8 Å². The molecule has 0 heterocycles. The third kappa shape index (κ3) is 6.54. The van der Waals surface area contributed by atoms with Gasteiger partial charge >= 0.3 is 82.7 Å². The fourth-order valence-electron chi connectivity index (χ4n) is 1.20. The van der Waals surface area contributed by atoms with E-state index in [1.807, 2.05) is 0 Å². The number of hydrogen-bond acceptors (Lipinski definition) is 0. The Morgan fingerprint density at radius 3 is 2.29 bits per heavy atom. The van der Waals surface area contributed by atoms with E-state index >= 15 is 0 Å². The molecule has 0 radical (unpaired) electrons. The van der Waals surface area contributed by atoms with Crippen molar-refractivity contribution in [3.63, 3.8) is 0 Å². The average Bonchev–Trinajstić information content (AvgIpc) is 2.32. The number of halogens is 2. The molecule has 0 aliphatic heterocycles. The third-order valence-corrected chi connectivity index (χ3v) is 10.8. The summed E-state index contributed by atoms with van der Waals surface area (Å²) in [6.45, 7) is 8.07. The Bertz CT molecular complexity index is 251. The van der Waals surface area contributed by atoms with Crippen LogP contribution in [0.2, 0.25) is 0 Å². The Kier molecular flexibility index (Phi) is 9.19. The van der Waals surface area contributed by atoms with Gasteiger partial charge in [0.15, 0.2) is 0 Å². The molecule has 0 saturated carbocycles. The minimum absolute atomic E-state index is 0. The van der Waals surface area contributed by atoms with Crippen molar-refractivity contribution in [1.29, 1.82) is 0 Å². The van der Waals surface area contributed by atoms with Gasteiger partial charge in [-0.3, -0.25) is 0 Å². The van der Waals surface area contributed by atoms with Crippen LogP contribution in [0.5, 0.6) is 0 Å². The van der Waals surface area contributed by atoms with Gasteiger partial charge in [0.2, 0.25) is 0 Å². The maximum absolute atomic E-state index is 4.38. The van der Waals surface area contributed by atoms with Gasteiger partial charge in [-0.2, -0.15) is 0 Å². The summed E-state index contributed by atoms with van der Waals surface area (Å²) < 4.78 is 1.67. The van der Waals surface area contributed by atoms with Gasteiger partial charge in [-0.25, -0.2) is 0 Å². The molecule has 82 valence electrons. The van der Waals surface area contributed by atoms with Gasteiger partial charge in [0.1, 0.15) is 0 Å². The molecule has 4 heteroatoms. The van der Waals surface area contributed by atoms with Crippen LogP contribution in [0, 0.1) is 0 Å². The first-order valence-electron chi connectivity index (χ1n) is 4.32. The number of rotatable bonds is 2. The van der Waals surface area contributed by atoms with Gasteiger partial charge in [-0.15, -0.1) is 24.8 Å². The van der Waals surface area contributed by atoms with E-state index in [0.29, 0.717) is 5.16 Å². The normalized spacial score (nSPS) is 14.9. The molecular weight excluding hydrogens is 270 g/mol. The third-order valence-electron chi connectivity index (χ3n) is 1.68. The molecule has 0 N–H and O–H groups in total. The summed E-state index contributed by atoms with van der Waals surface area (Å²) in [4.78, 5) is 4.38. The van der Waals surface area contributed by atoms with Crippen LogP contribution in [0.1, 0.15) is 27.2 Å². The fourth-order valence-corrected chi connectivity index (χ4v) is 9.06. The van der Waals surface area contributed by atoms with Gasteiger partial charge in [0.05, 0.1) is 0 Å². The summed E-state index contributed by atoms with van der Waals surface area (Å²) in [5.41, 5.74) is 0. The SMILES string of the molecule is Cl.Cl.[CH2]=[Ti]([PH]C(C)(C)C)[C]1=CC=CC1. The second-order valence-corrected chi connectivity index (χ2v) is 12.1. The standard InChI is InChI=1S/C5H5.C4H10P.CH2.2ClH.Ti/c1-2-4-5-3-1;1-4(2,3)5;;;;/h1-3H,4H2;5H,1-3H3;1H2;2*1H;/q;-1;;;;+1. The molecule has 0 bridgehead atoms. The quantitative estimate of drug-likeness (QED) is 0.530. The molecule has 1 atom stereocenters. The van der Waals surface area contributed by atoms with Crippen LogP contribution in [0.15, 0.2) is 22.1 Å². The molecule has 0 spiro atoms. The molecule has 1 unspecified atom stereocenters. The minimum atomic E-state index is -1.07. The van der Waals surface area contributed by atoms with Gasteiger partial charge in [-0.1, -0.05) is 0 Å². The van der Waals surface area contributed by atoms with Crippen molar-refractivity contribution in [3.05, 3.63) is 22.1 Å². The Morgan fingerprint density at radius 2 is 1.93 bits per heavy atom. The molecular formula is C10H19Cl2PTi. The van der Waals surface area contributed by atoms with Crippen LogP contribution < -0.4 is 0 Å². The van der Waals surface area contributed by atoms with Crippen molar-refractivity contribution in [3.8, 4) is 0 Å². The van der Waals surface area contributed by atoms with E-state index in [0.717, 1.165) is 6.57 Å². The van der Waals surface area contributed by atoms with Crippen LogP contribution in [0.4, 0.5) is 0 Å². The Labute approximate surface area is 107 Å². The zero-order chi connectivity index (χ0) is 9.19. The summed E-state index contributed by atoms with van der Waals surface area (Å²) in [6.07, 6.45) is 7.92. The molecule has 0 aromatic heterocycles. The molecule has 0 amide bonds. The molecule has 0 nitrogen and oxygen atoms in total. The van der Waals surface area contributed by atoms with Crippen molar-refractivity contribution >= 4 is 36.2 Å². The van der Waals surface area contributed by atoms with Gasteiger partial charge in [0, 0.05) is 0 Å². The van der Waals surface area contributed by atoms with E-state index in [1.165, 1.54) is 6.42 Å². The number of allylic oxidation sites excluding steroid dienone is 4. The first-order valence-corrected chi connectivity index (χ1v) is 9.55. The Hall–Kier alpha value is 1.07. The maximum atomic E-state index is 4.38. The summed E-state index contributed by atoms with van der Waals surface area (Å²) in [6, 6.07) is 0. The van der Waals surface area contributed by atoms with Crippen LogP contribution >= 0.6 is 31.4 Å². The average molecular weight is 289 g/mol.